The second-order valence-corrected chi connectivity index (χ2v) is 7.31. The molecule has 0 aromatic carbocycles. The molecule has 0 saturated heterocycles. The van der Waals surface area contributed by atoms with Crippen LogP contribution in [-0.2, 0) is 10.0 Å². The average molecular weight is 348 g/mol. The summed E-state index contributed by atoms with van der Waals surface area (Å²) in [6.45, 7) is -0.243. The number of nitrogens with two attached hydrogens (primary N) is 1. The summed E-state index contributed by atoms with van der Waals surface area (Å²) in [5.74, 6) is -0.159. The van der Waals surface area contributed by atoms with Gasteiger partial charge >= 0.3 is 0 Å². The first-order chi connectivity index (χ1) is 10.2. The second-order valence-electron chi connectivity index (χ2n) is 5.35. The molecule has 0 aliphatic heterocycles. The topological polar surface area (TPSA) is 106 Å². The van der Waals surface area contributed by atoms with Gasteiger partial charge in [0, 0.05) is 5.92 Å². The Kier molecular flexibility index (Phi) is 4.90. The first-order valence-corrected chi connectivity index (χ1v) is 8.56. The number of rotatable bonds is 4. The fraction of sp³-hybridized carbons (Fsp3) is 0.538. The molecule has 0 bridgehead atoms. The SMILES string of the molecule is N#C[C@H]1CC[C@](F)(COc2ncc(S(N)(=O)=O)cc2Cl)CC1. The molecule has 0 spiro atoms. The number of sulfonamides is 1. The van der Waals surface area contributed by atoms with E-state index in [0.29, 0.717) is 12.8 Å². The predicted molar refractivity (Wildman–Crippen MR) is 77.5 cm³/mol. The highest BCUT2D eigenvalue weighted by molar-refractivity contribution is 7.89. The number of nitriles is 1. The van der Waals surface area contributed by atoms with E-state index in [1.54, 1.807) is 0 Å². The molecule has 2 N–H and O–H groups in total. The van der Waals surface area contributed by atoms with E-state index in [9.17, 15) is 12.8 Å². The molecule has 0 amide bonds. The molecule has 22 heavy (non-hydrogen) atoms. The van der Waals surface area contributed by atoms with Gasteiger partial charge in [-0.25, -0.2) is 22.9 Å². The summed E-state index contributed by atoms with van der Waals surface area (Å²) in [6, 6.07) is 3.24. The molecule has 1 aromatic heterocycles. The first-order valence-electron chi connectivity index (χ1n) is 6.63. The van der Waals surface area contributed by atoms with Crippen molar-refractivity contribution in [1.82, 2.24) is 4.98 Å². The van der Waals surface area contributed by atoms with Crippen molar-refractivity contribution in [2.75, 3.05) is 6.61 Å². The van der Waals surface area contributed by atoms with E-state index in [1.165, 1.54) is 0 Å². The van der Waals surface area contributed by atoms with Gasteiger partial charge in [-0.05, 0) is 31.7 Å². The number of alkyl halides is 1. The van der Waals surface area contributed by atoms with Crippen LogP contribution in [0.2, 0.25) is 5.02 Å². The number of primary sulfonamides is 1. The van der Waals surface area contributed by atoms with Crippen molar-refractivity contribution in [1.29, 1.82) is 5.26 Å². The summed E-state index contributed by atoms with van der Waals surface area (Å²) in [5.41, 5.74) is -1.53. The van der Waals surface area contributed by atoms with Crippen molar-refractivity contribution in [3.8, 4) is 11.9 Å². The summed E-state index contributed by atoms with van der Waals surface area (Å²) >= 11 is 5.87. The number of aromatic nitrogens is 1. The molecule has 1 heterocycles. The lowest BCUT2D eigenvalue weighted by Crippen LogP contribution is -2.35. The number of hydrogen-bond acceptors (Lipinski definition) is 5. The third-order valence-electron chi connectivity index (χ3n) is 3.64. The van der Waals surface area contributed by atoms with Gasteiger partial charge in [0.05, 0.1) is 12.3 Å². The third kappa shape index (κ3) is 4.06. The maximum absolute atomic E-state index is 14.5. The number of ether oxygens (including phenoxy) is 1. The third-order valence-corrected chi connectivity index (χ3v) is 4.79. The van der Waals surface area contributed by atoms with Crippen LogP contribution in [0.25, 0.3) is 0 Å². The Morgan fingerprint density at radius 1 is 1.55 bits per heavy atom. The largest absolute Gasteiger partial charge is 0.473 e. The monoisotopic (exact) mass is 347 g/mol. The molecule has 0 unspecified atom stereocenters. The van der Waals surface area contributed by atoms with Crippen molar-refractivity contribution in [2.24, 2.45) is 11.1 Å². The highest BCUT2D eigenvalue weighted by Gasteiger charge is 2.36. The lowest BCUT2D eigenvalue weighted by Gasteiger charge is -2.31. The Hall–Kier alpha value is -1.43. The Bertz CT molecular complexity index is 697. The average Bonchev–Trinajstić information content (AvgIpc) is 2.46. The van der Waals surface area contributed by atoms with Gasteiger partial charge in [-0.2, -0.15) is 5.26 Å². The van der Waals surface area contributed by atoms with Gasteiger partial charge in [0.2, 0.25) is 15.9 Å². The van der Waals surface area contributed by atoms with E-state index in [4.69, 9.17) is 26.7 Å². The zero-order valence-electron chi connectivity index (χ0n) is 11.6. The summed E-state index contributed by atoms with van der Waals surface area (Å²) in [4.78, 5) is 3.52. The molecule has 0 atom stereocenters. The van der Waals surface area contributed by atoms with Crippen LogP contribution >= 0.6 is 11.6 Å². The molecule has 0 radical (unpaired) electrons. The van der Waals surface area contributed by atoms with Gasteiger partial charge in [-0.3, -0.25) is 0 Å². The van der Waals surface area contributed by atoms with Crippen LogP contribution < -0.4 is 9.88 Å². The van der Waals surface area contributed by atoms with Crippen molar-refractivity contribution in [3.05, 3.63) is 17.3 Å². The number of pyridine rings is 1. The Morgan fingerprint density at radius 3 is 2.68 bits per heavy atom. The molecule has 1 aromatic rings. The van der Waals surface area contributed by atoms with Crippen LogP contribution in [0.4, 0.5) is 4.39 Å². The number of nitrogens with zero attached hydrogens (tertiary/aromatic N) is 2. The Labute approximate surface area is 133 Å². The van der Waals surface area contributed by atoms with E-state index in [-0.39, 0.29) is 41.2 Å². The predicted octanol–water partition coefficient (Wildman–Crippen LogP) is 2.18. The van der Waals surface area contributed by atoms with Crippen LogP contribution in [0.3, 0.4) is 0 Å². The molecule has 1 aliphatic rings. The molecular formula is C13H15ClFN3O3S. The molecule has 1 aliphatic carbocycles. The van der Waals surface area contributed by atoms with E-state index >= 15 is 0 Å². The molecular weight excluding hydrogens is 333 g/mol. The molecule has 1 fully saturated rings. The summed E-state index contributed by atoms with van der Waals surface area (Å²) in [5, 5.41) is 13.7. The van der Waals surface area contributed by atoms with E-state index < -0.39 is 15.7 Å². The fourth-order valence-electron chi connectivity index (χ4n) is 2.28. The quantitative estimate of drug-likeness (QED) is 0.898. The number of hydrogen-bond donors (Lipinski definition) is 1. The maximum Gasteiger partial charge on any atom is 0.239 e. The minimum atomic E-state index is -3.91. The van der Waals surface area contributed by atoms with Gasteiger partial charge in [0.25, 0.3) is 0 Å². The van der Waals surface area contributed by atoms with Crippen molar-refractivity contribution < 1.29 is 17.5 Å². The zero-order chi connectivity index (χ0) is 16.4. The Balaban J connectivity index is 2.02. The molecule has 9 heteroatoms. The van der Waals surface area contributed by atoms with E-state index in [1.807, 2.05) is 0 Å². The summed E-state index contributed by atoms with van der Waals surface area (Å²) in [6.07, 6.45) is 2.45. The molecule has 2 rings (SSSR count). The van der Waals surface area contributed by atoms with Gasteiger partial charge in [0.15, 0.2) is 0 Å². The smallest absolute Gasteiger partial charge is 0.239 e. The zero-order valence-corrected chi connectivity index (χ0v) is 13.2. The maximum atomic E-state index is 14.5. The van der Waals surface area contributed by atoms with E-state index in [0.717, 1.165) is 12.3 Å². The standard InChI is InChI=1S/C13H15ClFN3O3S/c14-11-5-10(22(17,19)20)7-18-12(11)21-8-13(15)3-1-9(6-16)2-4-13/h5,7,9H,1-4,8H2,(H2,17,19,20)/t9-,13+. The van der Waals surface area contributed by atoms with Gasteiger partial charge < -0.3 is 4.74 Å². The van der Waals surface area contributed by atoms with E-state index in [2.05, 4.69) is 11.1 Å². The van der Waals surface area contributed by atoms with Gasteiger partial charge in [-0.1, -0.05) is 11.6 Å². The van der Waals surface area contributed by atoms with Crippen LogP contribution in [-0.4, -0.2) is 25.7 Å². The minimum Gasteiger partial charge on any atom is -0.473 e. The highest BCUT2D eigenvalue weighted by Crippen LogP contribution is 2.36. The lowest BCUT2D eigenvalue weighted by molar-refractivity contribution is 0.0377. The molecule has 1 saturated carbocycles. The van der Waals surface area contributed by atoms with Gasteiger partial charge in [-0.15, -0.1) is 0 Å². The molecule has 6 nitrogen and oxygen atoms in total. The highest BCUT2D eigenvalue weighted by atomic mass is 35.5. The van der Waals surface area contributed by atoms with Crippen LogP contribution in [0.5, 0.6) is 5.88 Å². The van der Waals surface area contributed by atoms with Crippen LogP contribution in [0.1, 0.15) is 25.7 Å². The van der Waals surface area contributed by atoms with Crippen molar-refractivity contribution in [2.45, 2.75) is 36.2 Å². The Morgan fingerprint density at radius 2 is 2.18 bits per heavy atom. The first kappa shape index (κ1) is 16.9. The van der Waals surface area contributed by atoms with Gasteiger partial charge in [0.1, 0.15) is 22.2 Å². The van der Waals surface area contributed by atoms with Crippen molar-refractivity contribution >= 4 is 21.6 Å². The summed E-state index contributed by atoms with van der Waals surface area (Å²) in [7, 11) is -3.91. The fourth-order valence-corrected chi connectivity index (χ4v) is 3.04. The number of halogens is 2. The summed E-state index contributed by atoms with van der Waals surface area (Å²) < 4.78 is 42.2. The van der Waals surface area contributed by atoms with Crippen molar-refractivity contribution in [3.63, 3.8) is 0 Å². The van der Waals surface area contributed by atoms with Crippen LogP contribution in [0, 0.1) is 17.2 Å². The second kappa shape index (κ2) is 6.36. The normalized spacial score (nSPS) is 25.5. The minimum absolute atomic E-state index is 0.0477. The lowest BCUT2D eigenvalue weighted by atomic mass is 9.81. The van der Waals surface area contributed by atoms with Crippen LogP contribution in [0.15, 0.2) is 17.2 Å². The molecule has 120 valence electrons.